The van der Waals surface area contributed by atoms with Crippen LogP contribution in [0.5, 0.6) is 5.75 Å². The molecule has 1 saturated carbocycles. The quantitative estimate of drug-likeness (QED) is 0.275. The zero-order valence-corrected chi connectivity index (χ0v) is 20.5. The van der Waals surface area contributed by atoms with E-state index in [4.69, 9.17) is 16.6 Å². The molecule has 4 aromatic rings. The van der Waals surface area contributed by atoms with E-state index in [0.29, 0.717) is 28.3 Å². The molecule has 0 atom stereocenters. The highest BCUT2D eigenvalue weighted by Crippen LogP contribution is 2.46. The molecule has 1 saturated heterocycles. The number of anilines is 2. The molecular formula is C27H29ClN6O. The number of nitrogens with zero attached hydrogens (tertiary/aromatic N) is 3. The van der Waals surface area contributed by atoms with E-state index in [1.807, 2.05) is 18.3 Å². The lowest BCUT2D eigenvalue weighted by Gasteiger charge is -2.28. The number of rotatable bonds is 6. The van der Waals surface area contributed by atoms with Gasteiger partial charge in [0.05, 0.1) is 16.9 Å². The van der Waals surface area contributed by atoms with Gasteiger partial charge in [0.2, 0.25) is 5.95 Å². The molecule has 2 aromatic heterocycles. The van der Waals surface area contributed by atoms with Crippen molar-refractivity contribution >= 4 is 34.1 Å². The average molecular weight is 489 g/mol. The van der Waals surface area contributed by atoms with Crippen LogP contribution in [0.3, 0.4) is 0 Å². The topological polar surface area (TPSA) is 89.1 Å². The lowest BCUT2D eigenvalue weighted by Crippen LogP contribution is -2.42. The van der Waals surface area contributed by atoms with Crippen LogP contribution >= 0.6 is 11.6 Å². The van der Waals surface area contributed by atoms with Crippen LogP contribution in [0.25, 0.3) is 22.2 Å². The van der Waals surface area contributed by atoms with Gasteiger partial charge in [0, 0.05) is 66.6 Å². The summed E-state index contributed by atoms with van der Waals surface area (Å²) < 4.78 is 0. The van der Waals surface area contributed by atoms with Crippen LogP contribution in [-0.4, -0.2) is 51.1 Å². The molecule has 2 aliphatic rings. The molecule has 0 amide bonds. The predicted molar refractivity (Wildman–Crippen MR) is 141 cm³/mol. The second-order valence-electron chi connectivity index (χ2n) is 9.64. The monoisotopic (exact) mass is 488 g/mol. The van der Waals surface area contributed by atoms with Crippen molar-refractivity contribution in [2.45, 2.75) is 32.2 Å². The molecule has 0 unspecified atom stereocenters. The first-order valence-corrected chi connectivity index (χ1v) is 12.6. The van der Waals surface area contributed by atoms with Gasteiger partial charge in [0.25, 0.3) is 0 Å². The summed E-state index contributed by atoms with van der Waals surface area (Å²) in [5.74, 6) is 1.34. The molecule has 3 heterocycles. The van der Waals surface area contributed by atoms with E-state index < -0.39 is 0 Å². The van der Waals surface area contributed by atoms with Crippen molar-refractivity contribution in [1.82, 2.24) is 25.2 Å². The minimum Gasteiger partial charge on any atom is -0.507 e. The Morgan fingerprint density at radius 2 is 2.00 bits per heavy atom. The Bertz CT molecular complexity index is 1390. The van der Waals surface area contributed by atoms with Gasteiger partial charge in [-0.1, -0.05) is 23.7 Å². The number of aromatic amines is 1. The first kappa shape index (κ1) is 22.3. The number of aromatic hydroxyl groups is 1. The van der Waals surface area contributed by atoms with E-state index in [0.717, 1.165) is 78.8 Å². The summed E-state index contributed by atoms with van der Waals surface area (Å²) in [7, 11) is 0. The van der Waals surface area contributed by atoms with Crippen LogP contribution in [0.2, 0.25) is 5.02 Å². The summed E-state index contributed by atoms with van der Waals surface area (Å²) >= 11 is 6.54. The van der Waals surface area contributed by atoms with Crippen molar-refractivity contribution < 1.29 is 5.11 Å². The van der Waals surface area contributed by atoms with E-state index in [9.17, 15) is 5.11 Å². The van der Waals surface area contributed by atoms with E-state index in [1.54, 1.807) is 6.20 Å². The van der Waals surface area contributed by atoms with Gasteiger partial charge in [0.15, 0.2) is 0 Å². The number of hydrogen-bond acceptors (Lipinski definition) is 6. The summed E-state index contributed by atoms with van der Waals surface area (Å²) in [5.41, 5.74) is 6.71. The van der Waals surface area contributed by atoms with Gasteiger partial charge >= 0.3 is 0 Å². The van der Waals surface area contributed by atoms with Gasteiger partial charge in [-0.2, -0.15) is 0 Å². The van der Waals surface area contributed by atoms with E-state index in [2.05, 4.69) is 50.6 Å². The molecule has 0 radical (unpaired) electrons. The fourth-order valence-corrected chi connectivity index (χ4v) is 5.10. The normalized spacial score (nSPS) is 16.6. The highest BCUT2D eigenvalue weighted by atomic mass is 35.5. The fourth-order valence-electron chi connectivity index (χ4n) is 4.91. The lowest BCUT2D eigenvalue weighted by atomic mass is 10.0. The third-order valence-corrected chi connectivity index (χ3v) is 7.21. The first-order valence-electron chi connectivity index (χ1n) is 12.2. The molecule has 1 aliphatic heterocycles. The van der Waals surface area contributed by atoms with E-state index in [-0.39, 0.29) is 0 Å². The largest absolute Gasteiger partial charge is 0.507 e. The first-order chi connectivity index (χ1) is 17.0. The Morgan fingerprint density at radius 3 is 2.80 bits per heavy atom. The summed E-state index contributed by atoms with van der Waals surface area (Å²) in [6.45, 7) is 6.70. The molecule has 0 bridgehead atoms. The zero-order valence-electron chi connectivity index (χ0n) is 19.7. The molecule has 0 spiro atoms. The van der Waals surface area contributed by atoms with Crippen LogP contribution in [0, 0.1) is 6.92 Å². The molecule has 8 heteroatoms. The van der Waals surface area contributed by atoms with Crippen molar-refractivity contribution in [3.8, 4) is 17.0 Å². The van der Waals surface area contributed by atoms with Gasteiger partial charge in [-0.25, -0.2) is 9.97 Å². The minimum atomic E-state index is 0.426. The molecule has 2 aromatic carbocycles. The number of halogens is 1. The van der Waals surface area contributed by atoms with E-state index >= 15 is 0 Å². The number of benzene rings is 2. The maximum absolute atomic E-state index is 11.0. The van der Waals surface area contributed by atoms with Crippen LogP contribution in [0.15, 0.2) is 42.7 Å². The number of hydrogen-bond donors (Lipinski definition) is 4. The van der Waals surface area contributed by atoms with Gasteiger partial charge in [0.1, 0.15) is 5.75 Å². The molecule has 4 N–H and O–H groups in total. The minimum absolute atomic E-state index is 0.426. The number of fused-ring (bicyclic) bond motifs is 1. The molecule has 7 nitrogen and oxygen atoms in total. The summed E-state index contributed by atoms with van der Waals surface area (Å²) in [4.78, 5) is 14.9. The number of piperazine rings is 1. The Kier molecular flexibility index (Phi) is 5.84. The Hall–Kier alpha value is -3.13. The molecule has 2 fully saturated rings. The van der Waals surface area contributed by atoms with Crippen molar-refractivity contribution in [1.29, 1.82) is 0 Å². The third kappa shape index (κ3) is 4.59. The maximum atomic E-state index is 11.0. The van der Waals surface area contributed by atoms with E-state index in [1.165, 1.54) is 5.56 Å². The molecule has 35 heavy (non-hydrogen) atoms. The number of phenols is 1. The molecule has 6 rings (SSSR count). The van der Waals surface area contributed by atoms with Crippen LogP contribution in [0.4, 0.5) is 11.6 Å². The SMILES string of the molecule is Cc1ccc2c(-c3nc(Nc4cc(CN5CCNCC5)c(O)c(C5CC5)c4)ncc3Cl)c[nH]c2c1. The fraction of sp³-hybridized carbons (Fsp3) is 0.333. The third-order valence-electron chi connectivity index (χ3n) is 6.93. The van der Waals surface area contributed by atoms with Crippen LogP contribution in [0.1, 0.15) is 35.4 Å². The second kappa shape index (κ2) is 9.15. The van der Waals surface area contributed by atoms with Gasteiger partial charge < -0.3 is 20.7 Å². The van der Waals surface area contributed by atoms with Crippen molar-refractivity contribution in [2.75, 3.05) is 31.5 Å². The molecule has 180 valence electrons. The van der Waals surface area contributed by atoms with Crippen molar-refractivity contribution in [2.24, 2.45) is 0 Å². The van der Waals surface area contributed by atoms with Crippen molar-refractivity contribution in [3.63, 3.8) is 0 Å². The number of aryl methyl sites for hydroxylation is 1. The van der Waals surface area contributed by atoms with Gasteiger partial charge in [-0.15, -0.1) is 0 Å². The molecular weight excluding hydrogens is 460 g/mol. The highest BCUT2D eigenvalue weighted by Gasteiger charge is 2.28. The Balaban J connectivity index is 1.33. The highest BCUT2D eigenvalue weighted by molar-refractivity contribution is 6.33. The predicted octanol–water partition coefficient (Wildman–Crippen LogP) is 5.32. The van der Waals surface area contributed by atoms with Crippen molar-refractivity contribution in [3.05, 3.63) is 64.4 Å². The Labute approximate surface area is 209 Å². The zero-order chi connectivity index (χ0) is 23.9. The van der Waals surface area contributed by atoms with Gasteiger partial charge in [-0.3, -0.25) is 4.90 Å². The number of phenolic OH excluding ortho intramolecular Hbond substituents is 1. The summed E-state index contributed by atoms with van der Waals surface area (Å²) in [6, 6.07) is 10.4. The Morgan fingerprint density at radius 1 is 1.17 bits per heavy atom. The number of H-pyrrole nitrogens is 1. The average Bonchev–Trinajstić information content (AvgIpc) is 3.62. The summed E-state index contributed by atoms with van der Waals surface area (Å²) in [5, 5.41) is 19.4. The summed E-state index contributed by atoms with van der Waals surface area (Å²) in [6.07, 6.45) is 5.82. The number of aromatic nitrogens is 3. The number of nitrogens with one attached hydrogen (secondary N) is 3. The van der Waals surface area contributed by atoms with Crippen LogP contribution in [-0.2, 0) is 6.54 Å². The molecule has 1 aliphatic carbocycles. The second-order valence-corrected chi connectivity index (χ2v) is 10.0. The standard InChI is InChI=1S/C27H29ClN6O/c1-16-2-5-20-22(13-30-24(20)10-16)25-23(28)14-31-27(33-25)32-19-11-18(15-34-8-6-29-7-9-34)26(35)21(12-19)17-3-4-17/h2,5,10-14,17,29-30,35H,3-4,6-9,15H2,1H3,(H,31,32,33). The van der Waals surface area contributed by atoms with Gasteiger partial charge in [-0.05, 0) is 55.0 Å². The lowest BCUT2D eigenvalue weighted by molar-refractivity contribution is 0.230. The smallest absolute Gasteiger partial charge is 0.227 e. The van der Waals surface area contributed by atoms with Crippen LogP contribution < -0.4 is 10.6 Å². The maximum Gasteiger partial charge on any atom is 0.227 e.